The summed E-state index contributed by atoms with van der Waals surface area (Å²) in [5, 5.41) is 0.336. The molecule has 0 heterocycles. The highest BCUT2D eigenvalue weighted by molar-refractivity contribution is 7.89. The third-order valence-corrected chi connectivity index (χ3v) is 4.57. The first kappa shape index (κ1) is 14.8. The molecule has 0 aliphatic rings. The molecule has 2 aromatic rings. The molecule has 0 aliphatic heterocycles. The summed E-state index contributed by atoms with van der Waals surface area (Å²) in [5.41, 5.74) is 7.84. The molecule has 0 amide bonds. The zero-order chi connectivity index (χ0) is 14.8. The van der Waals surface area contributed by atoms with Crippen molar-refractivity contribution in [2.45, 2.75) is 18.4 Å². The van der Waals surface area contributed by atoms with Gasteiger partial charge >= 0.3 is 0 Å². The fraction of sp³-hybridized carbons (Fsp3) is 0.143. The van der Waals surface area contributed by atoms with Crippen LogP contribution in [0.15, 0.2) is 47.4 Å². The molecule has 0 saturated carbocycles. The molecule has 0 spiro atoms. The lowest BCUT2D eigenvalue weighted by Crippen LogP contribution is -2.23. The maximum atomic E-state index is 12.1. The second-order valence-corrected chi connectivity index (χ2v) is 6.67. The lowest BCUT2D eigenvalue weighted by molar-refractivity contribution is 0.581. The molecule has 0 bridgehead atoms. The minimum atomic E-state index is -3.60. The Morgan fingerprint density at radius 3 is 2.60 bits per heavy atom. The molecule has 2 rings (SSSR count). The fourth-order valence-electron chi connectivity index (χ4n) is 1.77. The zero-order valence-corrected chi connectivity index (χ0v) is 12.5. The van der Waals surface area contributed by atoms with Crippen molar-refractivity contribution in [3.8, 4) is 0 Å². The van der Waals surface area contributed by atoms with E-state index in [9.17, 15) is 8.42 Å². The summed E-state index contributed by atoms with van der Waals surface area (Å²) in [6, 6.07) is 11.9. The summed E-state index contributed by atoms with van der Waals surface area (Å²) in [6.45, 7) is 2.18. The van der Waals surface area contributed by atoms with E-state index in [4.69, 9.17) is 17.3 Å². The molecule has 0 radical (unpaired) electrons. The molecule has 2 aromatic carbocycles. The van der Waals surface area contributed by atoms with Crippen LogP contribution in [0.5, 0.6) is 0 Å². The Morgan fingerprint density at radius 2 is 1.95 bits per heavy atom. The van der Waals surface area contributed by atoms with Crippen LogP contribution in [0, 0.1) is 6.92 Å². The normalized spacial score (nSPS) is 11.5. The highest BCUT2D eigenvalue weighted by Gasteiger charge is 2.14. The van der Waals surface area contributed by atoms with Gasteiger partial charge in [0, 0.05) is 6.54 Å². The van der Waals surface area contributed by atoms with E-state index < -0.39 is 10.0 Å². The Hall–Kier alpha value is -1.56. The maximum absolute atomic E-state index is 12.1. The highest BCUT2D eigenvalue weighted by Crippen LogP contribution is 2.22. The van der Waals surface area contributed by atoms with Crippen LogP contribution in [0.4, 0.5) is 5.69 Å². The molecule has 0 aromatic heterocycles. The average Bonchev–Trinajstić information content (AvgIpc) is 2.40. The molecule has 0 atom stereocenters. The number of hydrogen-bond acceptors (Lipinski definition) is 3. The van der Waals surface area contributed by atoms with Gasteiger partial charge in [0.05, 0.1) is 15.6 Å². The van der Waals surface area contributed by atoms with Gasteiger partial charge in [0.2, 0.25) is 10.0 Å². The van der Waals surface area contributed by atoms with Gasteiger partial charge in [-0.2, -0.15) is 0 Å². The lowest BCUT2D eigenvalue weighted by atomic mass is 10.1. The van der Waals surface area contributed by atoms with E-state index in [-0.39, 0.29) is 17.1 Å². The predicted molar refractivity (Wildman–Crippen MR) is 81.1 cm³/mol. The van der Waals surface area contributed by atoms with Crippen molar-refractivity contribution in [3.63, 3.8) is 0 Å². The van der Waals surface area contributed by atoms with Crippen LogP contribution in [0.3, 0.4) is 0 Å². The number of rotatable bonds is 4. The van der Waals surface area contributed by atoms with E-state index in [0.29, 0.717) is 5.02 Å². The molecule has 0 aliphatic carbocycles. The van der Waals surface area contributed by atoms with Crippen molar-refractivity contribution >= 4 is 27.3 Å². The van der Waals surface area contributed by atoms with Crippen molar-refractivity contribution < 1.29 is 8.42 Å². The van der Waals surface area contributed by atoms with Crippen LogP contribution < -0.4 is 10.5 Å². The van der Waals surface area contributed by atoms with Crippen molar-refractivity contribution in [1.82, 2.24) is 4.72 Å². The zero-order valence-electron chi connectivity index (χ0n) is 10.9. The third-order valence-electron chi connectivity index (χ3n) is 2.83. The SMILES string of the molecule is Cc1cccc(CNS(=O)(=O)c2ccc(Cl)c(N)c2)c1. The van der Waals surface area contributed by atoms with Gasteiger partial charge in [0.15, 0.2) is 0 Å². The molecule has 20 heavy (non-hydrogen) atoms. The van der Waals surface area contributed by atoms with E-state index in [1.807, 2.05) is 31.2 Å². The summed E-state index contributed by atoms with van der Waals surface area (Å²) < 4.78 is 26.8. The second-order valence-electron chi connectivity index (χ2n) is 4.50. The standard InChI is InChI=1S/C14H15ClN2O2S/c1-10-3-2-4-11(7-10)9-17-20(18,19)12-5-6-13(15)14(16)8-12/h2-8,17H,9,16H2,1H3. The third kappa shape index (κ3) is 3.50. The second kappa shape index (κ2) is 5.83. The summed E-state index contributed by atoms with van der Waals surface area (Å²) >= 11 is 5.78. The first-order valence-electron chi connectivity index (χ1n) is 5.99. The minimum Gasteiger partial charge on any atom is -0.397 e. The number of nitrogens with one attached hydrogen (secondary N) is 1. The van der Waals surface area contributed by atoms with Crippen LogP contribution in [0.25, 0.3) is 0 Å². The van der Waals surface area contributed by atoms with Crippen LogP contribution in [-0.2, 0) is 16.6 Å². The Kier molecular flexibility index (Phi) is 4.32. The molecule has 0 unspecified atom stereocenters. The number of nitrogens with two attached hydrogens (primary N) is 1. The van der Waals surface area contributed by atoms with E-state index in [0.717, 1.165) is 11.1 Å². The van der Waals surface area contributed by atoms with Gasteiger partial charge in [-0.15, -0.1) is 0 Å². The van der Waals surface area contributed by atoms with Gasteiger partial charge in [0.1, 0.15) is 0 Å². The molecule has 106 valence electrons. The van der Waals surface area contributed by atoms with Crippen molar-refractivity contribution in [2.75, 3.05) is 5.73 Å². The summed E-state index contributed by atoms with van der Waals surface area (Å²) in [4.78, 5) is 0.104. The van der Waals surface area contributed by atoms with Crippen LogP contribution in [0.1, 0.15) is 11.1 Å². The first-order chi connectivity index (χ1) is 9.38. The lowest BCUT2D eigenvalue weighted by Gasteiger charge is -2.08. The summed E-state index contributed by atoms with van der Waals surface area (Å²) in [5.74, 6) is 0. The molecular formula is C14H15ClN2O2S. The van der Waals surface area contributed by atoms with E-state index in [2.05, 4.69) is 4.72 Å². The molecule has 4 nitrogen and oxygen atoms in total. The quantitative estimate of drug-likeness (QED) is 0.853. The Morgan fingerprint density at radius 1 is 1.20 bits per heavy atom. The number of halogens is 1. The van der Waals surface area contributed by atoms with E-state index in [1.165, 1.54) is 18.2 Å². The largest absolute Gasteiger partial charge is 0.397 e. The Balaban J connectivity index is 2.17. The van der Waals surface area contributed by atoms with E-state index in [1.54, 1.807) is 0 Å². The van der Waals surface area contributed by atoms with Crippen LogP contribution >= 0.6 is 11.6 Å². The summed E-state index contributed by atoms with van der Waals surface area (Å²) in [6.07, 6.45) is 0. The average molecular weight is 311 g/mol. The number of nitrogen functional groups attached to an aromatic ring is 1. The van der Waals surface area contributed by atoms with Crippen molar-refractivity contribution in [3.05, 3.63) is 58.6 Å². The fourth-order valence-corrected chi connectivity index (χ4v) is 2.94. The molecule has 0 saturated heterocycles. The van der Waals surface area contributed by atoms with Crippen molar-refractivity contribution in [2.24, 2.45) is 0 Å². The van der Waals surface area contributed by atoms with Gasteiger partial charge in [0.25, 0.3) is 0 Å². The predicted octanol–water partition coefficient (Wildman–Crippen LogP) is 2.71. The topological polar surface area (TPSA) is 72.2 Å². The number of aryl methyl sites for hydroxylation is 1. The molecule has 0 fully saturated rings. The van der Waals surface area contributed by atoms with Gasteiger partial charge in [-0.05, 0) is 30.7 Å². The smallest absolute Gasteiger partial charge is 0.240 e. The van der Waals surface area contributed by atoms with Gasteiger partial charge in [-0.3, -0.25) is 0 Å². The van der Waals surface area contributed by atoms with Gasteiger partial charge in [-0.25, -0.2) is 13.1 Å². The van der Waals surface area contributed by atoms with Crippen LogP contribution in [0.2, 0.25) is 5.02 Å². The molecular weight excluding hydrogens is 296 g/mol. The first-order valence-corrected chi connectivity index (χ1v) is 7.85. The van der Waals surface area contributed by atoms with Gasteiger partial charge < -0.3 is 5.73 Å². The number of benzene rings is 2. The van der Waals surface area contributed by atoms with Crippen molar-refractivity contribution in [1.29, 1.82) is 0 Å². The minimum absolute atomic E-state index is 0.104. The molecule has 3 N–H and O–H groups in total. The molecule has 6 heteroatoms. The Bertz CT molecular complexity index is 730. The Labute approximate surface area is 123 Å². The monoisotopic (exact) mass is 310 g/mol. The number of hydrogen-bond donors (Lipinski definition) is 2. The number of anilines is 1. The maximum Gasteiger partial charge on any atom is 0.240 e. The van der Waals surface area contributed by atoms with Gasteiger partial charge in [-0.1, -0.05) is 41.4 Å². The number of sulfonamides is 1. The highest BCUT2D eigenvalue weighted by atomic mass is 35.5. The van der Waals surface area contributed by atoms with Crippen LogP contribution in [-0.4, -0.2) is 8.42 Å². The van der Waals surface area contributed by atoms with E-state index >= 15 is 0 Å². The summed E-state index contributed by atoms with van der Waals surface area (Å²) in [7, 11) is -3.60.